The number of aryl methyl sites for hydroxylation is 2. The van der Waals surface area contributed by atoms with E-state index >= 15 is 0 Å². The third-order valence-corrected chi connectivity index (χ3v) is 8.11. The second-order valence-electron chi connectivity index (χ2n) is 10.8. The fourth-order valence-electron chi connectivity index (χ4n) is 6.69. The first-order valence-electron chi connectivity index (χ1n) is 13.1. The predicted molar refractivity (Wildman–Crippen MR) is 147 cm³/mol. The molecular weight excluding hydrogens is 448 g/mol. The lowest BCUT2D eigenvalue weighted by Crippen LogP contribution is -2.38. The number of carbonyl (C=O) groups excluding carboxylic acids is 2. The van der Waals surface area contributed by atoms with Gasteiger partial charge in [-0.25, -0.2) is 0 Å². The molecule has 3 heterocycles. The molecular formula is C30H34N4O2. The maximum absolute atomic E-state index is 13.2. The summed E-state index contributed by atoms with van der Waals surface area (Å²) in [6.45, 7) is 11.4. The molecule has 0 unspecified atom stereocenters. The van der Waals surface area contributed by atoms with E-state index in [0.717, 1.165) is 58.0 Å². The zero-order valence-corrected chi connectivity index (χ0v) is 21.8. The van der Waals surface area contributed by atoms with Crippen LogP contribution in [-0.2, 0) is 20.1 Å². The minimum atomic E-state index is -0.0435. The highest BCUT2D eigenvalue weighted by molar-refractivity contribution is 6.28. The highest BCUT2D eigenvalue weighted by Crippen LogP contribution is 2.45. The molecule has 0 atom stereocenters. The summed E-state index contributed by atoms with van der Waals surface area (Å²) in [5.74, 6) is 0.0664. The number of allylic oxidation sites excluding steroid dienone is 1. The van der Waals surface area contributed by atoms with E-state index in [1.165, 1.54) is 10.9 Å². The number of fused-ring (bicyclic) bond motifs is 10. The Bertz CT molecular complexity index is 1590. The first kappa shape index (κ1) is 23.0. The lowest BCUT2D eigenvalue weighted by atomic mass is 9.94. The minimum absolute atomic E-state index is 0.0435. The van der Waals surface area contributed by atoms with Gasteiger partial charge in [0.15, 0.2) is 5.78 Å². The van der Waals surface area contributed by atoms with E-state index < -0.39 is 0 Å². The average Bonchev–Trinajstić information content (AvgIpc) is 3.47. The summed E-state index contributed by atoms with van der Waals surface area (Å²) in [6, 6.07) is 9.52. The van der Waals surface area contributed by atoms with E-state index in [-0.39, 0.29) is 11.7 Å². The van der Waals surface area contributed by atoms with Gasteiger partial charge in [-0.15, -0.1) is 0 Å². The molecule has 1 aliphatic heterocycles. The summed E-state index contributed by atoms with van der Waals surface area (Å²) < 4.78 is 4.49. The third-order valence-electron chi connectivity index (χ3n) is 8.11. The van der Waals surface area contributed by atoms with E-state index in [4.69, 9.17) is 0 Å². The molecule has 0 spiro atoms. The molecule has 0 fully saturated rings. The van der Waals surface area contributed by atoms with Gasteiger partial charge in [0.05, 0.1) is 22.3 Å². The molecule has 1 amide bonds. The summed E-state index contributed by atoms with van der Waals surface area (Å²) in [7, 11) is 1.98. The maximum Gasteiger partial charge on any atom is 0.252 e. The molecule has 0 saturated carbocycles. The highest BCUT2D eigenvalue weighted by atomic mass is 16.2. The van der Waals surface area contributed by atoms with Crippen LogP contribution in [0.2, 0.25) is 0 Å². The van der Waals surface area contributed by atoms with Crippen molar-refractivity contribution in [2.24, 2.45) is 7.05 Å². The Hall–Kier alpha value is -3.38. The van der Waals surface area contributed by atoms with E-state index in [1.807, 2.05) is 19.2 Å². The number of ketones is 1. The van der Waals surface area contributed by atoms with Gasteiger partial charge in [0.25, 0.3) is 5.91 Å². The lowest BCUT2D eigenvalue weighted by Gasteiger charge is -2.30. The first-order valence-corrected chi connectivity index (χ1v) is 13.1. The van der Waals surface area contributed by atoms with Crippen LogP contribution in [0, 0.1) is 0 Å². The summed E-state index contributed by atoms with van der Waals surface area (Å²) in [5, 5.41) is 6.32. The Morgan fingerprint density at radius 3 is 2.53 bits per heavy atom. The van der Waals surface area contributed by atoms with Crippen molar-refractivity contribution in [2.45, 2.75) is 65.7 Å². The quantitative estimate of drug-likeness (QED) is 0.387. The number of nitrogens with zero attached hydrogens (tertiary/aromatic N) is 3. The fourth-order valence-corrected chi connectivity index (χ4v) is 6.69. The number of amides is 1. The number of hydrogen-bond donors (Lipinski definition) is 1. The molecule has 1 aliphatic carbocycles. The van der Waals surface area contributed by atoms with Gasteiger partial charge in [0.1, 0.15) is 0 Å². The standard InChI is InChI=1S/C30H34N4O2/c1-17(2)33(18(3)4)14-9-15-34-22-12-7-6-10-19(22)24-21-16-31-30(36)26(21)25-20-11-8-13-23(35)27(20)32(5)28(25)29(24)34/h6-8,10-12,17-18H,9,13-16H2,1-5H3,(H,31,36). The largest absolute Gasteiger partial charge is 0.348 e. The predicted octanol–water partition coefficient (Wildman–Crippen LogP) is 5.64. The van der Waals surface area contributed by atoms with Crippen molar-refractivity contribution < 1.29 is 9.59 Å². The maximum atomic E-state index is 13.2. The van der Waals surface area contributed by atoms with Crippen LogP contribution in [0.3, 0.4) is 0 Å². The normalized spacial score (nSPS) is 15.3. The van der Waals surface area contributed by atoms with Crippen molar-refractivity contribution in [1.29, 1.82) is 0 Å². The Labute approximate surface area is 211 Å². The van der Waals surface area contributed by atoms with Crippen LogP contribution < -0.4 is 5.32 Å². The first-order chi connectivity index (χ1) is 17.3. The van der Waals surface area contributed by atoms with Crippen LogP contribution in [0.25, 0.3) is 38.8 Å². The van der Waals surface area contributed by atoms with E-state index in [1.54, 1.807) is 0 Å². The molecule has 6 rings (SSSR count). The molecule has 4 aromatic rings. The van der Waals surface area contributed by atoms with Crippen molar-refractivity contribution in [3.63, 3.8) is 0 Å². The molecule has 6 heteroatoms. The van der Waals surface area contributed by atoms with Crippen molar-refractivity contribution in [2.75, 3.05) is 6.54 Å². The molecule has 186 valence electrons. The molecule has 1 N–H and O–H groups in total. The Kier molecular flexibility index (Phi) is 5.34. The average molecular weight is 483 g/mol. The number of carbonyl (C=O) groups is 2. The highest BCUT2D eigenvalue weighted by Gasteiger charge is 2.34. The smallest absolute Gasteiger partial charge is 0.252 e. The Morgan fingerprint density at radius 2 is 1.78 bits per heavy atom. The van der Waals surface area contributed by atoms with Crippen molar-refractivity contribution in [3.8, 4) is 0 Å². The number of hydrogen-bond acceptors (Lipinski definition) is 3. The number of Topliss-reactive ketones (excluding diaryl/α,β-unsaturated/α-hetero) is 1. The monoisotopic (exact) mass is 482 g/mol. The lowest BCUT2D eigenvalue weighted by molar-refractivity contribution is 0.0963. The van der Waals surface area contributed by atoms with Crippen LogP contribution in [0.15, 0.2) is 30.3 Å². The van der Waals surface area contributed by atoms with E-state index in [0.29, 0.717) is 30.7 Å². The zero-order chi connectivity index (χ0) is 25.3. The van der Waals surface area contributed by atoms with Gasteiger partial charge >= 0.3 is 0 Å². The number of nitrogens with one attached hydrogen (secondary N) is 1. The third kappa shape index (κ3) is 3.13. The Morgan fingerprint density at radius 1 is 1.03 bits per heavy atom. The number of rotatable bonds is 6. The number of aromatic nitrogens is 2. The van der Waals surface area contributed by atoms with Crippen LogP contribution in [-0.4, -0.2) is 44.4 Å². The van der Waals surface area contributed by atoms with Crippen molar-refractivity contribution >= 4 is 50.5 Å². The zero-order valence-electron chi connectivity index (χ0n) is 21.8. The Balaban J connectivity index is 1.66. The molecule has 0 saturated heterocycles. The van der Waals surface area contributed by atoms with Gasteiger partial charge in [-0.2, -0.15) is 0 Å². The molecule has 6 nitrogen and oxygen atoms in total. The molecule has 0 radical (unpaired) electrons. The summed E-state index contributed by atoms with van der Waals surface area (Å²) in [4.78, 5) is 28.8. The van der Waals surface area contributed by atoms with Crippen LogP contribution in [0.1, 0.15) is 72.5 Å². The van der Waals surface area contributed by atoms with Crippen LogP contribution in [0.4, 0.5) is 0 Å². The van der Waals surface area contributed by atoms with Gasteiger partial charge in [0.2, 0.25) is 0 Å². The van der Waals surface area contributed by atoms with Gasteiger partial charge < -0.3 is 14.5 Å². The van der Waals surface area contributed by atoms with Crippen molar-refractivity contribution in [3.05, 3.63) is 52.7 Å². The molecule has 36 heavy (non-hydrogen) atoms. The summed E-state index contributed by atoms with van der Waals surface area (Å²) >= 11 is 0. The van der Waals surface area contributed by atoms with E-state index in [2.05, 4.69) is 71.3 Å². The van der Waals surface area contributed by atoms with Gasteiger partial charge in [-0.1, -0.05) is 30.4 Å². The fraction of sp³-hybridized carbons (Fsp3) is 0.400. The SMILES string of the molecule is CC(C)N(CCCn1c2ccccc2c2c3c(c4c5c(n(C)c4c21)C(=O)CC=C5)C(=O)NC3)C(C)C. The second kappa shape index (κ2) is 8.34. The van der Waals surface area contributed by atoms with Crippen LogP contribution >= 0.6 is 0 Å². The summed E-state index contributed by atoms with van der Waals surface area (Å²) in [5.41, 5.74) is 6.71. The number of para-hydroxylation sites is 1. The van der Waals surface area contributed by atoms with Crippen molar-refractivity contribution in [1.82, 2.24) is 19.4 Å². The molecule has 2 aromatic heterocycles. The van der Waals surface area contributed by atoms with Gasteiger partial charge in [0, 0.05) is 72.4 Å². The molecule has 0 bridgehead atoms. The molecule has 2 aliphatic rings. The van der Waals surface area contributed by atoms with Gasteiger partial charge in [-0.3, -0.25) is 14.5 Å². The molecule has 2 aromatic carbocycles. The number of benzene rings is 2. The minimum Gasteiger partial charge on any atom is -0.348 e. The van der Waals surface area contributed by atoms with Crippen LogP contribution in [0.5, 0.6) is 0 Å². The summed E-state index contributed by atoms with van der Waals surface area (Å²) in [6.07, 6.45) is 5.38. The second-order valence-corrected chi connectivity index (χ2v) is 10.8. The van der Waals surface area contributed by atoms with E-state index in [9.17, 15) is 9.59 Å². The topological polar surface area (TPSA) is 59.3 Å². The van der Waals surface area contributed by atoms with Gasteiger partial charge in [-0.05, 0) is 45.7 Å².